The van der Waals surface area contributed by atoms with Gasteiger partial charge >= 0.3 is 118 Å². The maximum atomic E-state index is 12.7. The molecule has 4 rings (SSSR count). The average Bonchev–Trinajstić information content (AvgIpc) is 3.10. The van der Waals surface area contributed by atoms with Gasteiger partial charge in [-0.15, -0.1) is 0 Å². The number of benzene rings is 2. The van der Waals surface area contributed by atoms with Gasteiger partial charge in [0.2, 0.25) is 11.6 Å². The maximum absolute atomic E-state index is 12.7. The summed E-state index contributed by atoms with van der Waals surface area (Å²) in [6.07, 6.45) is 0. The summed E-state index contributed by atoms with van der Waals surface area (Å²) in [5.74, 6) is -1.36. The molecule has 16 heteroatoms. The molecule has 2 aromatic rings. The Labute approximate surface area is 272 Å². The molecule has 2 aliphatic rings. The molecule has 0 fully saturated rings. The number of hydrogen-bond donors (Lipinski definition) is 4. The van der Waals surface area contributed by atoms with Crippen LogP contribution in [0.15, 0.2) is 57.6 Å². The fraction of sp³-hybridized carbons (Fsp3) is 0. The Kier molecular flexibility index (Phi) is 12.1. The molecule has 32 heavy (non-hydrogen) atoms. The van der Waals surface area contributed by atoms with E-state index in [2.05, 4.69) is 10.6 Å². The number of rotatable bonds is 2. The summed E-state index contributed by atoms with van der Waals surface area (Å²) in [5, 5.41) is 5.44. The Morgan fingerprint density at radius 1 is 0.594 bits per heavy atom. The van der Waals surface area contributed by atoms with Crippen LogP contribution in [-0.2, 0) is 20.2 Å². The van der Waals surface area contributed by atoms with E-state index in [4.69, 9.17) is 9.11 Å². The third-order valence-electron chi connectivity index (χ3n) is 4.29. The molecule has 0 unspecified atom stereocenters. The normalized spacial score (nSPS) is 16.2. The van der Waals surface area contributed by atoms with Crippen molar-refractivity contribution in [2.75, 3.05) is 10.6 Å². The van der Waals surface area contributed by atoms with Crippen molar-refractivity contribution in [3.8, 4) is 0 Å². The first-order valence-electron chi connectivity index (χ1n) is 7.57. The molecule has 2 aromatic carbocycles. The number of carbonyl (C=O) groups is 2. The molecule has 10 nitrogen and oxygen atoms in total. The van der Waals surface area contributed by atoms with Crippen molar-refractivity contribution in [3.63, 3.8) is 0 Å². The monoisotopic (exact) mass is 518 g/mol. The molecule has 152 valence electrons. The Balaban J connectivity index is 0.00000240. The van der Waals surface area contributed by atoms with Crippen LogP contribution in [0, 0.1) is 0 Å². The summed E-state index contributed by atoms with van der Waals surface area (Å²) < 4.78 is 63.3. The van der Waals surface area contributed by atoms with Gasteiger partial charge in [-0.2, -0.15) is 16.8 Å². The SMILES string of the molecule is O=C1/C(=C2\Nc3ccc(S(=O)(=O)O)cc3C2=O)Nc2ccc(S(=O)(=O)O)cc21.[NaH].[NaH].[NaH].[NaH]. The number of anilines is 2. The zero-order valence-electron chi connectivity index (χ0n) is 13.6. The minimum atomic E-state index is -4.52. The fourth-order valence-corrected chi connectivity index (χ4v) is 3.98. The van der Waals surface area contributed by atoms with Crippen LogP contribution in [0.25, 0.3) is 0 Å². The van der Waals surface area contributed by atoms with Crippen LogP contribution in [0.1, 0.15) is 20.7 Å². The van der Waals surface area contributed by atoms with E-state index in [1.807, 2.05) is 0 Å². The molecule has 0 bridgehead atoms. The van der Waals surface area contributed by atoms with Crippen LogP contribution >= 0.6 is 0 Å². The first kappa shape index (κ1) is 32.9. The second-order valence-electron chi connectivity index (χ2n) is 6.02. The van der Waals surface area contributed by atoms with Crippen molar-refractivity contribution in [1.82, 2.24) is 0 Å². The summed E-state index contributed by atoms with van der Waals surface area (Å²) in [7, 11) is -9.03. The molecule has 0 aromatic heterocycles. The number of carbonyl (C=O) groups excluding carboxylic acids is 2. The van der Waals surface area contributed by atoms with Crippen LogP contribution in [0.2, 0.25) is 0 Å². The van der Waals surface area contributed by atoms with Crippen molar-refractivity contribution in [2.24, 2.45) is 0 Å². The molecular weight excluding hydrogens is 504 g/mol. The molecule has 0 aliphatic carbocycles. The van der Waals surface area contributed by atoms with Gasteiger partial charge in [0.15, 0.2) is 0 Å². The number of nitrogens with one attached hydrogen (secondary N) is 2. The summed E-state index contributed by atoms with van der Waals surface area (Å²) in [6, 6.07) is 6.70. The van der Waals surface area contributed by atoms with Crippen molar-refractivity contribution < 1.29 is 35.5 Å². The Bertz CT molecular complexity index is 1250. The van der Waals surface area contributed by atoms with Crippen molar-refractivity contribution in [1.29, 1.82) is 0 Å². The molecule has 0 atom stereocenters. The van der Waals surface area contributed by atoms with E-state index in [1.165, 1.54) is 12.1 Å². The Morgan fingerprint density at radius 3 is 1.19 bits per heavy atom. The number of hydrogen-bond acceptors (Lipinski definition) is 8. The van der Waals surface area contributed by atoms with Crippen molar-refractivity contribution in [3.05, 3.63) is 58.9 Å². The number of allylic oxidation sites excluding steroid dienone is 2. The van der Waals surface area contributed by atoms with E-state index in [0.717, 1.165) is 24.3 Å². The van der Waals surface area contributed by atoms with Gasteiger partial charge in [0.05, 0.1) is 21.2 Å². The molecule has 2 aliphatic heterocycles. The van der Waals surface area contributed by atoms with Gasteiger partial charge in [-0.1, -0.05) is 0 Å². The predicted octanol–water partition coefficient (Wildman–Crippen LogP) is -1.29. The van der Waals surface area contributed by atoms with E-state index in [9.17, 15) is 26.4 Å². The van der Waals surface area contributed by atoms with Gasteiger partial charge in [-0.25, -0.2) is 0 Å². The number of Topliss-reactive ketones (excluding diaryl/α,β-unsaturated/α-hetero) is 2. The van der Waals surface area contributed by atoms with E-state index in [1.54, 1.807) is 0 Å². The quantitative estimate of drug-likeness (QED) is 0.214. The number of ketones is 2. The Morgan fingerprint density at radius 2 is 0.906 bits per heavy atom. The predicted molar refractivity (Wildman–Crippen MR) is 124 cm³/mol. The van der Waals surface area contributed by atoms with E-state index >= 15 is 0 Å². The van der Waals surface area contributed by atoms with Gasteiger partial charge in [-0.3, -0.25) is 18.7 Å². The van der Waals surface area contributed by atoms with Crippen molar-refractivity contribution in [2.45, 2.75) is 9.79 Å². The molecule has 0 spiro atoms. The average molecular weight is 518 g/mol. The van der Waals surface area contributed by atoms with E-state index < -0.39 is 41.6 Å². The standard InChI is InChI=1S/C16H10N2O8S2.4Na.4H/c19-15-9-5-7(27(21,22)23)1-3-11(9)17-13(15)14-16(20)10-6-8(28(24,25)26)2-4-12(10)18-14;;;;;;;;/h1-6,17-18H,(H,21,22,23)(H,24,25,26);;;;;;;;/b14-13+;;;;;;;;. The van der Waals surface area contributed by atoms with Crippen LogP contribution in [0.5, 0.6) is 0 Å². The molecule has 0 radical (unpaired) electrons. The minimum absolute atomic E-state index is 0. The molecular formula is C16H14N2Na4O8S2. The van der Waals surface area contributed by atoms with Crippen LogP contribution in [0.3, 0.4) is 0 Å². The molecule has 0 saturated heterocycles. The summed E-state index contributed by atoms with van der Waals surface area (Å²) in [5.41, 5.74) is 0.0611. The first-order valence-corrected chi connectivity index (χ1v) is 10.5. The van der Waals surface area contributed by atoms with Gasteiger partial charge in [0.1, 0.15) is 11.4 Å². The van der Waals surface area contributed by atoms with E-state index in [0.29, 0.717) is 0 Å². The third-order valence-corrected chi connectivity index (χ3v) is 5.99. The molecule has 0 saturated carbocycles. The summed E-state index contributed by atoms with van der Waals surface area (Å²) >= 11 is 0. The molecule has 0 amide bonds. The third kappa shape index (κ3) is 6.19. The van der Waals surface area contributed by atoms with Crippen molar-refractivity contribution >= 4 is 161 Å². The Hall–Kier alpha value is 0.940. The van der Waals surface area contributed by atoms with E-state index in [-0.39, 0.29) is 152 Å². The number of fused-ring (bicyclic) bond motifs is 2. The van der Waals surface area contributed by atoms with Gasteiger partial charge in [0.25, 0.3) is 20.2 Å². The van der Waals surface area contributed by atoms with Crippen LogP contribution < -0.4 is 10.6 Å². The van der Waals surface area contributed by atoms with Crippen LogP contribution in [-0.4, -0.2) is 156 Å². The zero-order chi connectivity index (χ0) is 20.4. The summed E-state index contributed by atoms with van der Waals surface area (Å²) in [6.45, 7) is 0. The topological polar surface area (TPSA) is 167 Å². The van der Waals surface area contributed by atoms with Crippen LogP contribution in [0.4, 0.5) is 11.4 Å². The van der Waals surface area contributed by atoms with Gasteiger partial charge in [0, 0.05) is 11.1 Å². The molecule has 2 heterocycles. The molecule has 4 N–H and O–H groups in total. The summed E-state index contributed by atoms with van der Waals surface area (Å²) in [4.78, 5) is 24.4. The zero-order valence-corrected chi connectivity index (χ0v) is 15.3. The second kappa shape index (κ2) is 11.8. The fourth-order valence-electron chi connectivity index (χ4n) is 2.97. The van der Waals surface area contributed by atoms with Gasteiger partial charge in [-0.05, 0) is 36.4 Å². The second-order valence-corrected chi connectivity index (χ2v) is 8.87. The first-order chi connectivity index (χ1) is 13.0. The van der Waals surface area contributed by atoms with Gasteiger partial charge < -0.3 is 10.6 Å².